The van der Waals surface area contributed by atoms with Gasteiger partial charge in [-0.2, -0.15) is 5.26 Å². The number of rotatable bonds is 6. The van der Waals surface area contributed by atoms with Crippen molar-refractivity contribution in [2.75, 3.05) is 17.7 Å². The van der Waals surface area contributed by atoms with Crippen LogP contribution in [0, 0.1) is 24.2 Å². The van der Waals surface area contributed by atoms with Crippen LogP contribution in [0.25, 0.3) is 0 Å². The Hall–Kier alpha value is -2.48. The Labute approximate surface area is 180 Å². The van der Waals surface area contributed by atoms with Crippen LogP contribution in [0.4, 0.5) is 10.8 Å². The van der Waals surface area contributed by atoms with Gasteiger partial charge in [0.1, 0.15) is 5.69 Å². The number of nitrogens with zero attached hydrogens (tertiary/aromatic N) is 3. The van der Waals surface area contributed by atoms with Crippen molar-refractivity contribution in [2.45, 2.75) is 38.7 Å². The number of nitrogens with one attached hydrogen (secondary N) is 1. The highest BCUT2D eigenvalue weighted by molar-refractivity contribution is 7.89. The van der Waals surface area contributed by atoms with Gasteiger partial charge in [-0.1, -0.05) is 12.8 Å². The van der Waals surface area contributed by atoms with Crippen LogP contribution < -0.4 is 9.62 Å². The fourth-order valence-electron chi connectivity index (χ4n) is 3.57. The fourth-order valence-corrected chi connectivity index (χ4v) is 4.94. The molecule has 0 bridgehead atoms. The van der Waals surface area contributed by atoms with E-state index in [1.807, 2.05) is 9.62 Å². The molecule has 0 aliphatic heterocycles. The minimum Gasteiger partial charge on any atom is -0.393 e. The lowest BCUT2D eigenvalue weighted by Crippen LogP contribution is -2.35. The SMILES string of the molecule is Cc1sc(N(CC2CCCCC2O)c2ccc(C#N)cc2)nc1C(=O)NS(C)(=O)=O. The topological polar surface area (TPSA) is 123 Å². The molecule has 1 aliphatic rings. The summed E-state index contributed by atoms with van der Waals surface area (Å²) in [6.07, 6.45) is 4.20. The van der Waals surface area contributed by atoms with Crippen LogP contribution in [0.2, 0.25) is 0 Å². The number of nitriles is 1. The molecule has 0 saturated heterocycles. The second-order valence-electron chi connectivity index (χ2n) is 7.49. The number of sulfonamides is 1. The smallest absolute Gasteiger partial charge is 0.284 e. The minimum absolute atomic E-state index is 0.0481. The molecule has 160 valence electrons. The Morgan fingerprint density at radius 1 is 1.33 bits per heavy atom. The first-order chi connectivity index (χ1) is 14.2. The number of hydrogen-bond acceptors (Lipinski definition) is 8. The van der Waals surface area contributed by atoms with Crippen molar-refractivity contribution in [1.29, 1.82) is 5.26 Å². The van der Waals surface area contributed by atoms with Crippen molar-refractivity contribution in [3.63, 3.8) is 0 Å². The summed E-state index contributed by atoms with van der Waals surface area (Å²) >= 11 is 1.28. The van der Waals surface area contributed by atoms with E-state index in [0.29, 0.717) is 22.1 Å². The monoisotopic (exact) mass is 448 g/mol. The summed E-state index contributed by atoms with van der Waals surface area (Å²) in [5, 5.41) is 20.1. The van der Waals surface area contributed by atoms with E-state index in [0.717, 1.165) is 37.6 Å². The first-order valence-corrected chi connectivity index (χ1v) is 12.3. The van der Waals surface area contributed by atoms with Crippen LogP contribution in [-0.4, -0.2) is 43.3 Å². The molecule has 30 heavy (non-hydrogen) atoms. The lowest BCUT2D eigenvalue weighted by molar-refractivity contribution is 0.0742. The third-order valence-electron chi connectivity index (χ3n) is 5.10. The van der Waals surface area contributed by atoms with E-state index in [1.54, 1.807) is 31.2 Å². The summed E-state index contributed by atoms with van der Waals surface area (Å²) < 4.78 is 24.8. The van der Waals surface area contributed by atoms with Crippen molar-refractivity contribution >= 4 is 38.1 Å². The standard InChI is InChI=1S/C20H24N4O4S2/c1-13-18(19(26)23-30(2,27)28)22-20(29-13)24(12-15-5-3-4-6-17(15)25)16-9-7-14(11-21)8-10-16/h7-10,15,17,25H,3-6,12H2,1-2H3,(H,23,26). The predicted octanol–water partition coefficient (Wildman–Crippen LogP) is 2.70. The quantitative estimate of drug-likeness (QED) is 0.696. The van der Waals surface area contributed by atoms with Crippen molar-refractivity contribution in [1.82, 2.24) is 9.71 Å². The number of anilines is 2. The highest BCUT2D eigenvalue weighted by atomic mass is 32.2. The number of carbonyl (C=O) groups excluding carboxylic acids is 1. The molecule has 2 aromatic rings. The maximum Gasteiger partial charge on any atom is 0.284 e. The first kappa shape index (κ1) is 22.2. The highest BCUT2D eigenvalue weighted by Crippen LogP contribution is 2.35. The third-order valence-corrected chi connectivity index (χ3v) is 6.65. The Morgan fingerprint density at radius 3 is 2.60 bits per heavy atom. The van der Waals surface area contributed by atoms with Crippen molar-refractivity contribution in [3.05, 3.63) is 40.4 Å². The normalized spacial score (nSPS) is 19.1. The van der Waals surface area contributed by atoms with Crippen LogP contribution in [0.5, 0.6) is 0 Å². The van der Waals surface area contributed by atoms with E-state index in [-0.39, 0.29) is 11.6 Å². The fraction of sp³-hybridized carbons (Fsp3) is 0.450. The number of benzene rings is 1. The Morgan fingerprint density at radius 2 is 2.00 bits per heavy atom. The average molecular weight is 449 g/mol. The van der Waals surface area contributed by atoms with E-state index in [9.17, 15) is 18.3 Å². The van der Waals surface area contributed by atoms with Gasteiger partial charge >= 0.3 is 0 Å². The number of amides is 1. The van der Waals surface area contributed by atoms with Gasteiger partial charge in [0.05, 0.1) is 24.0 Å². The Kier molecular flexibility index (Phi) is 6.75. The molecule has 1 aromatic heterocycles. The van der Waals surface area contributed by atoms with Crippen molar-refractivity contribution in [3.8, 4) is 6.07 Å². The zero-order valence-corrected chi connectivity index (χ0v) is 18.5. The van der Waals surface area contributed by atoms with Gasteiger partial charge in [0.2, 0.25) is 10.0 Å². The molecule has 0 radical (unpaired) electrons. The molecule has 1 aliphatic carbocycles. The predicted molar refractivity (Wildman–Crippen MR) is 115 cm³/mol. The maximum atomic E-state index is 12.3. The molecule has 1 amide bonds. The third kappa shape index (κ3) is 5.36. The Bertz CT molecular complexity index is 1060. The highest BCUT2D eigenvalue weighted by Gasteiger charge is 2.28. The summed E-state index contributed by atoms with van der Waals surface area (Å²) in [4.78, 5) is 19.3. The summed E-state index contributed by atoms with van der Waals surface area (Å²) in [6.45, 7) is 2.22. The van der Waals surface area contributed by atoms with E-state index < -0.39 is 22.0 Å². The number of aryl methyl sites for hydroxylation is 1. The van der Waals surface area contributed by atoms with Crippen LogP contribution in [-0.2, 0) is 10.0 Å². The zero-order valence-electron chi connectivity index (χ0n) is 16.8. The molecule has 8 nitrogen and oxygen atoms in total. The van der Waals surface area contributed by atoms with Gasteiger partial charge in [0.25, 0.3) is 5.91 Å². The molecule has 3 rings (SSSR count). The number of thiazole rings is 1. The van der Waals surface area contributed by atoms with Crippen LogP contribution >= 0.6 is 11.3 Å². The van der Waals surface area contributed by atoms with E-state index in [4.69, 9.17) is 5.26 Å². The summed E-state index contributed by atoms with van der Waals surface area (Å²) in [6, 6.07) is 9.11. The van der Waals surface area contributed by atoms with Gasteiger partial charge in [0, 0.05) is 23.0 Å². The molecular weight excluding hydrogens is 424 g/mol. The summed E-state index contributed by atoms with van der Waals surface area (Å²) in [5.74, 6) is -0.720. The number of carbonyl (C=O) groups is 1. The first-order valence-electron chi connectivity index (χ1n) is 9.63. The molecule has 2 unspecified atom stereocenters. The zero-order chi connectivity index (χ0) is 21.9. The average Bonchev–Trinajstić information content (AvgIpc) is 3.08. The number of aliphatic hydroxyl groups is 1. The molecule has 1 heterocycles. The molecule has 2 N–H and O–H groups in total. The van der Waals surface area contributed by atoms with Gasteiger partial charge in [-0.25, -0.2) is 18.1 Å². The van der Waals surface area contributed by atoms with E-state index in [1.165, 1.54) is 11.3 Å². The number of aliphatic hydroxyl groups excluding tert-OH is 1. The largest absolute Gasteiger partial charge is 0.393 e. The molecule has 0 spiro atoms. The molecule has 2 atom stereocenters. The van der Waals surface area contributed by atoms with Crippen LogP contribution in [0.1, 0.15) is 46.6 Å². The Balaban J connectivity index is 1.96. The van der Waals surface area contributed by atoms with Crippen LogP contribution in [0.3, 0.4) is 0 Å². The minimum atomic E-state index is -3.70. The maximum absolute atomic E-state index is 12.3. The molecule has 1 fully saturated rings. The van der Waals surface area contributed by atoms with Gasteiger partial charge in [-0.3, -0.25) is 4.79 Å². The van der Waals surface area contributed by atoms with E-state index in [2.05, 4.69) is 11.1 Å². The van der Waals surface area contributed by atoms with Gasteiger partial charge in [-0.15, -0.1) is 11.3 Å². The second kappa shape index (κ2) is 9.12. The lowest BCUT2D eigenvalue weighted by Gasteiger charge is -2.33. The molecule has 10 heteroatoms. The molecular formula is C20H24N4O4S2. The number of aromatic nitrogens is 1. The lowest BCUT2D eigenvalue weighted by atomic mass is 9.86. The van der Waals surface area contributed by atoms with Gasteiger partial charge in [-0.05, 0) is 44.0 Å². The van der Waals surface area contributed by atoms with Crippen molar-refractivity contribution < 1.29 is 18.3 Å². The van der Waals surface area contributed by atoms with Gasteiger partial charge < -0.3 is 10.0 Å². The molecule has 1 aromatic carbocycles. The second-order valence-corrected chi connectivity index (χ2v) is 10.4. The number of hydrogen-bond donors (Lipinski definition) is 2. The van der Waals surface area contributed by atoms with E-state index >= 15 is 0 Å². The summed E-state index contributed by atoms with van der Waals surface area (Å²) in [5.41, 5.74) is 1.37. The van der Waals surface area contributed by atoms with Crippen LogP contribution in [0.15, 0.2) is 24.3 Å². The van der Waals surface area contributed by atoms with Gasteiger partial charge in [0.15, 0.2) is 5.13 Å². The summed E-state index contributed by atoms with van der Waals surface area (Å²) in [7, 11) is -3.70. The molecule has 1 saturated carbocycles. The van der Waals surface area contributed by atoms with Crippen molar-refractivity contribution in [2.24, 2.45) is 5.92 Å².